The summed E-state index contributed by atoms with van der Waals surface area (Å²) in [6, 6.07) is 23.5. The largest absolute Gasteiger partial charge is 0.497 e. The van der Waals surface area contributed by atoms with Gasteiger partial charge >= 0.3 is 0 Å². The molecule has 0 spiro atoms. The second-order valence-electron chi connectivity index (χ2n) is 6.61. The van der Waals surface area contributed by atoms with E-state index in [1.807, 2.05) is 79.7 Å². The lowest BCUT2D eigenvalue weighted by molar-refractivity contribution is -0.111. The summed E-state index contributed by atoms with van der Waals surface area (Å²) in [6.07, 6.45) is 2.77. The summed E-state index contributed by atoms with van der Waals surface area (Å²) in [4.78, 5) is 13.3. The molecule has 0 aliphatic heterocycles. The molecule has 0 aliphatic rings. The molecule has 28 heavy (non-hydrogen) atoms. The van der Waals surface area contributed by atoms with Gasteiger partial charge in [-0.25, -0.2) is 0 Å². The fourth-order valence-electron chi connectivity index (χ4n) is 3.15. The van der Waals surface area contributed by atoms with E-state index in [0.29, 0.717) is 5.57 Å². The number of anilines is 1. The predicted molar refractivity (Wildman–Crippen MR) is 116 cm³/mol. The highest BCUT2D eigenvalue weighted by molar-refractivity contribution is 6.29. The molecule has 0 saturated heterocycles. The second-order valence-corrected chi connectivity index (χ2v) is 6.61. The molecule has 0 heterocycles. The molecule has 0 atom stereocenters. The van der Waals surface area contributed by atoms with Crippen LogP contribution in [-0.2, 0) is 11.2 Å². The number of hydrogen-bond donors (Lipinski definition) is 1. The van der Waals surface area contributed by atoms with Crippen molar-refractivity contribution in [3.05, 3.63) is 95.1 Å². The number of amides is 1. The lowest BCUT2D eigenvalue weighted by Crippen LogP contribution is -2.15. The summed E-state index contributed by atoms with van der Waals surface area (Å²) in [5, 5.41) is 3.14. The predicted octanol–water partition coefficient (Wildman–Crippen LogP) is 5.75. The molecule has 1 amide bonds. The highest BCUT2D eigenvalue weighted by Gasteiger charge is 2.15. The average Bonchev–Trinajstić information content (AvgIpc) is 2.74. The molecule has 0 fully saturated rings. The zero-order valence-electron chi connectivity index (χ0n) is 16.5. The number of ether oxygens (including phenoxy) is 1. The molecular formula is C25H25NO2. The van der Waals surface area contributed by atoms with Crippen molar-refractivity contribution >= 4 is 23.2 Å². The number of aryl methyl sites for hydroxylation is 2. The van der Waals surface area contributed by atoms with Crippen LogP contribution < -0.4 is 10.1 Å². The number of nitrogens with one attached hydrogen (secondary N) is 1. The first-order valence-corrected chi connectivity index (χ1v) is 9.43. The Morgan fingerprint density at radius 2 is 1.68 bits per heavy atom. The summed E-state index contributed by atoms with van der Waals surface area (Å²) >= 11 is 0. The van der Waals surface area contributed by atoms with Crippen molar-refractivity contribution in [1.29, 1.82) is 0 Å². The summed E-state index contributed by atoms with van der Waals surface area (Å²) < 4.78 is 5.22. The Morgan fingerprint density at radius 3 is 2.32 bits per heavy atom. The topological polar surface area (TPSA) is 38.3 Å². The molecule has 3 heteroatoms. The van der Waals surface area contributed by atoms with Gasteiger partial charge in [0.2, 0.25) is 0 Å². The smallest absolute Gasteiger partial charge is 0.256 e. The van der Waals surface area contributed by atoms with Gasteiger partial charge in [-0.2, -0.15) is 0 Å². The molecule has 0 radical (unpaired) electrons. The van der Waals surface area contributed by atoms with Crippen LogP contribution in [-0.4, -0.2) is 13.0 Å². The summed E-state index contributed by atoms with van der Waals surface area (Å²) in [7, 11) is 1.64. The van der Waals surface area contributed by atoms with Gasteiger partial charge in [-0.1, -0.05) is 67.6 Å². The summed E-state index contributed by atoms with van der Waals surface area (Å²) in [5.41, 5.74) is 5.52. The van der Waals surface area contributed by atoms with Crippen LogP contribution in [0.5, 0.6) is 5.75 Å². The van der Waals surface area contributed by atoms with Crippen molar-refractivity contribution in [2.75, 3.05) is 12.4 Å². The molecule has 1 N–H and O–H groups in total. The van der Waals surface area contributed by atoms with Crippen LogP contribution in [0.3, 0.4) is 0 Å². The van der Waals surface area contributed by atoms with Gasteiger partial charge in [-0.05, 0) is 53.8 Å². The normalized spacial score (nSPS) is 11.2. The maximum Gasteiger partial charge on any atom is 0.256 e. The highest BCUT2D eigenvalue weighted by atomic mass is 16.5. The molecule has 0 aromatic heterocycles. The highest BCUT2D eigenvalue weighted by Crippen LogP contribution is 2.25. The van der Waals surface area contributed by atoms with Crippen LogP contribution in [0.2, 0.25) is 0 Å². The Labute approximate surface area is 166 Å². The quantitative estimate of drug-likeness (QED) is 0.443. The van der Waals surface area contributed by atoms with E-state index in [4.69, 9.17) is 4.74 Å². The van der Waals surface area contributed by atoms with E-state index in [-0.39, 0.29) is 5.91 Å². The molecular weight excluding hydrogens is 346 g/mol. The van der Waals surface area contributed by atoms with Crippen LogP contribution in [0, 0.1) is 6.92 Å². The Balaban J connectivity index is 2.00. The van der Waals surface area contributed by atoms with Crippen molar-refractivity contribution in [2.45, 2.75) is 20.3 Å². The Hall–Kier alpha value is -3.33. The number of rotatable bonds is 6. The van der Waals surface area contributed by atoms with E-state index in [0.717, 1.165) is 40.1 Å². The summed E-state index contributed by atoms with van der Waals surface area (Å²) in [5.74, 6) is 0.668. The second kappa shape index (κ2) is 9.05. The molecule has 3 nitrogen and oxygen atoms in total. The Bertz CT molecular complexity index is 973. The third kappa shape index (κ3) is 4.49. The third-order valence-corrected chi connectivity index (χ3v) is 4.73. The van der Waals surface area contributed by atoms with Crippen molar-refractivity contribution in [2.24, 2.45) is 0 Å². The van der Waals surface area contributed by atoms with Crippen LogP contribution in [0.1, 0.15) is 29.2 Å². The van der Waals surface area contributed by atoms with E-state index in [2.05, 4.69) is 18.3 Å². The molecule has 0 saturated carbocycles. The van der Waals surface area contributed by atoms with Gasteiger partial charge in [0.05, 0.1) is 7.11 Å². The van der Waals surface area contributed by atoms with Gasteiger partial charge in [0.15, 0.2) is 0 Å². The fraction of sp³-hybridized carbons (Fsp3) is 0.160. The third-order valence-electron chi connectivity index (χ3n) is 4.73. The van der Waals surface area contributed by atoms with E-state index in [9.17, 15) is 4.79 Å². The van der Waals surface area contributed by atoms with Gasteiger partial charge in [-0.15, -0.1) is 0 Å². The van der Waals surface area contributed by atoms with Gasteiger partial charge in [0, 0.05) is 11.3 Å². The first-order valence-electron chi connectivity index (χ1n) is 9.43. The monoisotopic (exact) mass is 371 g/mol. The van der Waals surface area contributed by atoms with Gasteiger partial charge < -0.3 is 10.1 Å². The minimum atomic E-state index is -0.119. The Morgan fingerprint density at radius 1 is 0.964 bits per heavy atom. The Kier molecular flexibility index (Phi) is 6.28. The molecule has 0 unspecified atom stereocenters. The average molecular weight is 371 g/mol. The molecule has 0 aliphatic carbocycles. The molecule has 142 valence electrons. The van der Waals surface area contributed by atoms with Crippen LogP contribution in [0.25, 0.3) is 11.6 Å². The van der Waals surface area contributed by atoms with Crippen molar-refractivity contribution in [3.63, 3.8) is 0 Å². The van der Waals surface area contributed by atoms with E-state index >= 15 is 0 Å². The number of para-hydroxylation sites is 1. The SMILES string of the molecule is CCc1cccc(C)c1NC(=O)/C(=C/c1ccc(OC)cc1)c1ccccc1. The van der Waals surface area contributed by atoms with E-state index < -0.39 is 0 Å². The van der Waals surface area contributed by atoms with Crippen LogP contribution >= 0.6 is 0 Å². The van der Waals surface area contributed by atoms with Gasteiger partial charge in [0.1, 0.15) is 5.75 Å². The summed E-state index contributed by atoms with van der Waals surface area (Å²) in [6.45, 7) is 4.11. The maximum absolute atomic E-state index is 13.3. The zero-order valence-corrected chi connectivity index (χ0v) is 16.5. The number of benzene rings is 3. The molecule has 0 bridgehead atoms. The first-order chi connectivity index (χ1) is 13.6. The molecule has 3 aromatic carbocycles. The van der Waals surface area contributed by atoms with Crippen LogP contribution in [0.4, 0.5) is 5.69 Å². The number of hydrogen-bond acceptors (Lipinski definition) is 2. The number of methoxy groups -OCH3 is 1. The minimum absolute atomic E-state index is 0.119. The van der Waals surface area contributed by atoms with Crippen molar-refractivity contribution in [1.82, 2.24) is 0 Å². The zero-order chi connectivity index (χ0) is 19.9. The van der Waals surface area contributed by atoms with E-state index in [1.54, 1.807) is 7.11 Å². The van der Waals surface area contributed by atoms with Crippen LogP contribution in [0.15, 0.2) is 72.8 Å². The lowest BCUT2D eigenvalue weighted by Gasteiger charge is -2.15. The lowest BCUT2D eigenvalue weighted by atomic mass is 10.0. The standard InChI is InChI=1S/C25H25NO2/c1-4-20-12-8-9-18(2)24(20)26-25(27)23(21-10-6-5-7-11-21)17-19-13-15-22(28-3)16-14-19/h5-17H,4H2,1-3H3,(H,26,27)/b23-17+. The molecule has 3 aromatic rings. The first kappa shape index (κ1) is 19.4. The minimum Gasteiger partial charge on any atom is -0.497 e. The van der Waals surface area contributed by atoms with E-state index in [1.165, 1.54) is 0 Å². The van der Waals surface area contributed by atoms with Crippen molar-refractivity contribution in [3.8, 4) is 5.75 Å². The van der Waals surface area contributed by atoms with Gasteiger partial charge in [0.25, 0.3) is 5.91 Å². The molecule has 3 rings (SSSR count). The number of carbonyl (C=O) groups is 1. The number of carbonyl (C=O) groups excluding carboxylic acids is 1. The fourth-order valence-corrected chi connectivity index (χ4v) is 3.15. The van der Waals surface area contributed by atoms with Gasteiger partial charge in [-0.3, -0.25) is 4.79 Å². The van der Waals surface area contributed by atoms with Crippen molar-refractivity contribution < 1.29 is 9.53 Å². The maximum atomic E-state index is 13.3.